The average Bonchev–Trinajstić information content (AvgIpc) is 2.46. The Morgan fingerprint density at radius 2 is 2.00 bits per heavy atom. The van der Waals surface area contributed by atoms with Gasteiger partial charge in [0.1, 0.15) is 5.82 Å². The van der Waals surface area contributed by atoms with Gasteiger partial charge in [-0.2, -0.15) is 0 Å². The molecular weight excluding hydrogens is 237 g/mol. The van der Waals surface area contributed by atoms with Crippen LogP contribution in [0.2, 0.25) is 0 Å². The summed E-state index contributed by atoms with van der Waals surface area (Å²) in [7, 11) is 0. The van der Waals surface area contributed by atoms with Crippen LogP contribution >= 0.6 is 0 Å². The first-order valence-electron chi connectivity index (χ1n) is 7.68. The minimum Gasteiger partial charge on any atom is -0.316 e. The minimum absolute atomic E-state index is 0.136. The van der Waals surface area contributed by atoms with E-state index in [9.17, 15) is 4.39 Å². The van der Waals surface area contributed by atoms with Gasteiger partial charge in [0, 0.05) is 12.5 Å². The van der Waals surface area contributed by atoms with Gasteiger partial charge in [-0.3, -0.25) is 0 Å². The molecular formula is C17H26FN. The van der Waals surface area contributed by atoms with Gasteiger partial charge in [-0.15, -0.1) is 0 Å². The van der Waals surface area contributed by atoms with Crippen LogP contribution in [0.25, 0.3) is 0 Å². The molecule has 1 saturated heterocycles. The highest BCUT2D eigenvalue weighted by atomic mass is 19.1. The van der Waals surface area contributed by atoms with E-state index in [0.29, 0.717) is 11.3 Å². The van der Waals surface area contributed by atoms with Crippen molar-refractivity contribution in [1.29, 1.82) is 0 Å². The van der Waals surface area contributed by atoms with Crippen LogP contribution in [0.4, 0.5) is 4.39 Å². The molecule has 0 radical (unpaired) electrons. The molecule has 0 aliphatic carbocycles. The maximum Gasteiger partial charge on any atom is 0.123 e. The van der Waals surface area contributed by atoms with Gasteiger partial charge in [-0.1, -0.05) is 38.8 Å². The second kappa shape index (κ2) is 6.51. The predicted octanol–water partition coefficient (Wildman–Crippen LogP) is 4.49. The number of unbranched alkanes of at least 4 members (excludes halogenated alkanes) is 1. The Morgan fingerprint density at radius 1 is 1.26 bits per heavy atom. The summed E-state index contributed by atoms with van der Waals surface area (Å²) < 4.78 is 13.1. The molecule has 1 N–H and O–H groups in total. The molecule has 0 aromatic heterocycles. The summed E-state index contributed by atoms with van der Waals surface area (Å²) in [5.41, 5.74) is 1.70. The molecule has 2 unspecified atom stereocenters. The average molecular weight is 263 g/mol. The molecule has 1 aromatic carbocycles. The fourth-order valence-corrected chi connectivity index (χ4v) is 3.57. The van der Waals surface area contributed by atoms with Crippen molar-refractivity contribution in [2.45, 2.75) is 51.9 Å². The normalized spacial score (nSPS) is 27.4. The molecule has 1 nitrogen and oxygen atoms in total. The van der Waals surface area contributed by atoms with E-state index < -0.39 is 0 Å². The number of halogens is 1. The van der Waals surface area contributed by atoms with E-state index in [4.69, 9.17) is 0 Å². The van der Waals surface area contributed by atoms with Crippen LogP contribution in [0.1, 0.15) is 57.4 Å². The molecule has 0 saturated carbocycles. The third kappa shape index (κ3) is 3.17. The van der Waals surface area contributed by atoms with E-state index in [0.717, 1.165) is 13.1 Å². The molecule has 1 aromatic rings. The lowest BCUT2D eigenvalue weighted by Crippen LogP contribution is -2.43. The lowest BCUT2D eigenvalue weighted by Gasteiger charge is -2.45. The lowest BCUT2D eigenvalue weighted by atomic mass is 9.64. The Bertz CT molecular complexity index is 387. The number of hydrogen-bond acceptors (Lipinski definition) is 1. The maximum absolute atomic E-state index is 13.1. The SMILES string of the molecule is CCCCC1(CC)CCNCC1c1ccc(F)cc1. The zero-order valence-electron chi connectivity index (χ0n) is 12.2. The number of nitrogens with one attached hydrogen (secondary N) is 1. The van der Waals surface area contributed by atoms with Crippen molar-refractivity contribution in [2.75, 3.05) is 13.1 Å². The van der Waals surface area contributed by atoms with Crippen LogP contribution in [0.15, 0.2) is 24.3 Å². The van der Waals surface area contributed by atoms with Crippen LogP contribution in [-0.4, -0.2) is 13.1 Å². The first kappa shape index (κ1) is 14.5. The van der Waals surface area contributed by atoms with Gasteiger partial charge in [0.2, 0.25) is 0 Å². The first-order valence-corrected chi connectivity index (χ1v) is 7.68. The topological polar surface area (TPSA) is 12.0 Å². The largest absolute Gasteiger partial charge is 0.316 e. The highest BCUT2D eigenvalue weighted by Gasteiger charge is 2.39. The minimum atomic E-state index is -0.136. The molecule has 19 heavy (non-hydrogen) atoms. The Balaban J connectivity index is 2.25. The van der Waals surface area contributed by atoms with Gasteiger partial charge in [0.05, 0.1) is 0 Å². The van der Waals surface area contributed by atoms with E-state index in [2.05, 4.69) is 19.2 Å². The van der Waals surface area contributed by atoms with Gasteiger partial charge in [-0.05, 0) is 48.9 Å². The zero-order chi connectivity index (χ0) is 13.7. The standard InChI is InChI=1S/C17H26FN/c1-3-5-10-17(4-2)11-12-19-13-16(17)14-6-8-15(18)9-7-14/h6-9,16,19H,3-5,10-13H2,1-2H3. The molecule has 2 rings (SSSR count). The van der Waals surface area contributed by atoms with Gasteiger partial charge >= 0.3 is 0 Å². The van der Waals surface area contributed by atoms with E-state index in [1.54, 1.807) is 12.1 Å². The van der Waals surface area contributed by atoms with Gasteiger partial charge < -0.3 is 5.32 Å². The van der Waals surface area contributed by atoms with Crippen molar-refractivity contribution < 1.29 is 4.39 Å². The fourth-order valence-electron chi connectivity index (χ4n) is 3.57. The molecule has 1 heterocycles. The summed E-state index contributed by atoms with van der Waals surface area (Å²) >= 11 is 0. The van der Waals surface area contributed by atoms with Crippen molar-refractivity contribution in [1.82, 2.24) is 5.32 Å². The Morgan fingerprint density at radius 3 is 2.63 bits per heavy atom. The Labute approximate surface area is 116 Å². The Kier molecular flexibility index (Phi) is 4.98. The number of benzene rings is 1. The second-order valence-electron chi connectivity index (χ2n) is 5.88. The molecule has 0 spiro atoms. The van der Waals surface area contributed by atoms with Crippen molar-refractivity contribution in [3.05, 3.63) is 35.6 Å². The lowest BCUT2D eigenvalue weighted by molar-refractivity contribution is 0.136. The molecule has 1 fully saturated rings. The molecule has 0 amide bonds. The van der Waals surface area contributed by atoms with Crippen LogP contribution in [0.5, 0.6) is 0 Å². The zero-order valence-corrected chi connectivity index (χ0v) is 12.2. The Hall–Kier alpha value is -0.890. The highest BCUT2D eigenvalue weighted by molar-refractivity contribution is 5.24. The summed E-state index contributed by atoms with van der Waals surface area (Å²) in [6.45, 7) is 6.73. The molecule has 2 atom stereocenters. The molecule has 106 valence electrons. The highest BCUT2D eigenvalue weighted by Crippen LogP contribution is 2.47. The van der Waals surface area contributed by atoms with Crippen molar-refractivity contribution in [3.63, 3.8) is 0 Å². The third-order valence-electron chi connectivity index (χ3n) is 4.89. The molecule has 2 heteroatoms. The summed E-state index contributed by atoms with van der Waals surface area (Å²) in [6, 6.07) is 7.15. The maximum atomic E-state index is 13.1. The molecule has 1 aliphatic heterocycles. The third-order valence-corrected chi connectivity index (χ3v) is 4.89. The van der Waals surface area contributed by atoms with E-state index in [1.807, 2.05) is 12.1 Å². The number of piperidine rings is 1. The van der Waals surface area contributed by atoms with E-state index in [1.165, 1.54) is 37.7 Å². The second-order valence-corrected chi connectivity index (χ2v) is 5.88. The smallest absolute Gasteiger partial charge is 0.123 e. The van der Waals surface area contributed by atoms with Crippen LogP contribution in [-0.2, 0) is 0 Å². The first-order chi connectivity index (χ1) is 9.22. The van der Waals surface area contributed by atoms with Crippen LogP contribution in [0.3, 0.4) is 0 Å². The number of rotatable bonds is 5. The quantitative estimate of drug-likeness (QED) is 0.825. The van der Waals surface area contributed by atoms with Crippen molar-refractivity contribution in [3.8, 4) is 0 Å². The number of hydrogen-bond donors (Lipinski definition) is 1. The van der Waals surface area contributed by atoms with E-state index >= 15 is 0 Å². The predicted molar refractivity (Wildman–Crippen MR) is 78.9 cm³/mol. The summed E-state index contributed by atoms with van der Waals surface area (Å²) in [6.07, 6.45) is 6.31. The van der Waals surface area contributed by atoms with Gasteiger partial charge in [0.15, 0.2) is 0 Å². The summed E-state index contributed by atoms with van der Waals surface area (Å²) in [5, 5.41) is 3.52. The van der Waals surface area contributed by atoms with Crippen LogP contribution in [0, 0.1) is 11.2 Å². The van der Waals surface area contributed by atoms with Crippen molar-refractivity contribution in [2.24, 2.45) is 5.41 Å². The molecule has 1 aliphatic rings. The van der Waals surface area contributed by atoms with E-state index in [-0.39, 0.29) is 5.82 Å². The van der Waals surface area contributed by atoms with Crippen LogP contribution < -0.4 is 5.32 Å². The summed E-state index contributed by atoms with van der Waals surface area (Å²) in [5.74, 6) is 0.390. The monoisotopic (exact) mass is 263 g/mol. The molecule has 0 bridgehead atoms. The van der Waals surface area contributed by atoms with Crippen molar-refractivity contribution >= 4 is 0 Å². The summed E-state index contributed by atoms with van der Waals surface area (Å²) in [4.78, 5) is 0. The van der Waals surface area contributed by atoms with Gasteiger partial charge in [-0.25, -0.2) is 4.39 Å². The van der Waals surface area contributed by atoms with Gasteiger partial charge in [0.25, 0.3) is 0 Å². The fraction of sp³-hybridized carbons (Fsp3) is 0.647.